The van der Waals surface area contributed by atoms with Crippen molar-refractivity contribution in [1.29, 1.82) is 5.26 Å². The van der Waals surface area contributed by atoms with Gasteiger partial charge in [0.2, 0.25) is 5.91 Å². The predicted octanol–water partition coefficient (Wildman–Crippen LogP) is 1.94. The summed E-state index contributed by atoms with van der Waals surface area (Å²) >= 11 is 0. The van der Waals surface area contributed by atoms with E-state index < -0.39 is 5.54 Å². The molecule has 0 N–H and O–H groups in total. The van der Waals surface area contributed by atoms with E-state index in [4.69, 9.17) is 5.26 Å². The van der Waals surface area contributed by atoms with Gasteiger partial charge in [0.15, 0.2) is 0 Å². The van der Waals surface area contributed by atoms with Crippen LogP contribution in [0.4, 0.5) is 11.4 Å². The maximum atomic E-state index is 11.6. The molecular weight excluding hydrogens is 226 g/mol. The first-order valence-corrected chi connectivity index (χ1v) is 5.91. The summed E-state index contributed by atoms with van der Waals surface area (Å²) in [6.07, 6.45) is 0.445. The van der Waals surface area contributed by atoms with E-state index in [1.807, 2.05) is 44.0 Å². The molecule has 1 heterocycles. The highest BCUT2D eigenvalue weighted by atomic mass is 16.2. The third-order valence-electron chi connectivity index (χ3n) is 3.64. The van der Waals surface area contributed by atoms with E-state index in [0.717, 1.165) is 16.9 Å². The lowest BCUT2D eigenvalue weighted by molar-refractivity contribution is -0.117. The Balaban J connectivity index is 2.38. The number of fused-ring (bicyclic) bond motifs is 1. The maximum Gasteiger partial charge on any atom is 0.231 e. The summed E-state index contributed by atoms with van der Waals surface area (Å²) in [7, 11) is 3.68. The zero-order valence-electron chi connectivity index (χ0n) is 11.2. The van der Waals surface area contributed by atoms with E-state index in [-0.39, 0.29) is 5.91 Å². The fourth-order valence-corrected chi connectivity index (χ4v) is 2.06. The molecule has 0 aromatic heterocycles. The maximum absolute atomic E-state index is 11.6. The molecule has 0 aliphatic carbocycles. The van der Waals surface area contributed by atoms with Crippen molar-refractivity contribution in [1.82, 2.24) is 0 Å². The number of carbonyl (C=O) groups excluding carboxylic acids is 1. The molecular formula is C14H17N3O. The Morgan fingerprint density at radius 1 is 1.44 bits per heavy atom. The lowest BCUT2D eigenvalue weighted by Crippen LogP contribution is -2.39. The number of likely N-dealkylation sites (N-methyl/N-ethyl adjacent to an activating group) is 1. The summed E-state index contributed by atoms with van der Waals surface area (Å²) in [5.41, 5.74) is 2.39. The number of nitriles is 1. The van der Waals surface area contributed by atoms with Crippen molar-refractivity contribution in [2.24, 2.45) is 0 Å². The van der Waals surface area contributed by atoms with E-state index in [1.165, 1.54) is 0 Å². The Kier molecular flexibility index (Phi) is 2.78. The fourth-order valence-electron chi connectivity index (χ4n) is 2.06. The number of anilines is 2. The van der Waals surface area contributed by atoms with Crippen LogP contribution in [0.15, 0.2) is 18.2 Å². The molecule has 1 aromatic carbocycles. The van der Waals surface area contributed by atoms with Gasteiger partial charge in [-0.25, -0.2) is 0 Å². The molecule has 1 aliphatic rings. The Morgan fingerprint density at radius 2 is 2.11 bits per heavy atom. The standard InChI is InChI=1S/C14H17N3O/c1-14(2,9-15)17(4)11-5-6-12-10(7-11)8-13(18)16(12)3/h5-7H,8H2,1-4H3. The van der Waals surface area contributed by atoms with Crippen molar-refractivity contribution in [3.63, 3.8) is 0 Å². The lowest BCUT2D eigenvalue weighted by Gasteiger charge is -2.31. The van der Waals surface area contributed by atoms with Gasteiger partial charge >= 0.3 is 0 Å². The van der Waals surface area contributed by atoms with Crippen molar-refractivity contribution >= 4 is 17.3 Å². The summed E-state index contributed by atoms with van der Waals surface area (Å²) in [5.74, 6) is 0.115. The van der Waals surface area contributed by atoms with Crippen LogP contribution < -0.4 is 9.80 Å². The van der Waals surface area contributed by atoms with Crippen molar-refractivity contribution in [3.05, 3.63) is 23.8 Å². The Morgan fingerprint density at radius 3 is 2.72 bits per heavy atom. The lowest BCUT2D eigenvalue weighted by atomic mass is 10.0. The van der Waals surface area contributed by atoms with Crippen LogP contribution in [0.5, 0.6) is 0 Å². The van der Waals surface area contributed by atoms with Crippen LogP contribution >= 0.6 is 0 Å². The van der Waals surface area contributed by atoms with Gasteiger partial charge in [-0.05, 0) is 37.6 Å². The highest BCUT2D eigenvalue weighted by Gasteiger charge is 2.27. The minimum atomic E-state index is -0.567. The second kappa shape index (κ2) is 4.02. The molecule has 4 heteroatoms. The SMILES string of the molecule is CN1C(=O)Cc2cc(N(C)C(C)(C)C#N)ccc21. The molecule has 1 aliphatic heterocycles. The molecule has 18 heavy (non-hydrogen) atoms. The summed E-state index contributed by atoms with van der Waals surface area (Å²) in [5, 5.41) is 9.15. The first-order valence-electron chi connectivity index (χ1n) is 5.91. The van der Waals surface area contributed by atoms with Crippen molar-refractivity contribution in [2.45, 2.75) is 25.8 Å². The zero-order chi connectivity index (χ0) is 13.5. The second-order valence-electron chi connectivity index (χ2n) is 5.17. The van der Waals surface area contributed by atoms with Gasteiger partial charge in [-0.15, -0.1) is 0 Å². The molecule has 0 unspecified atom stereocenters. The zero-order valence-corrected chi connectivity index (χ0v) is 11.2. The molecule has 0 radical (unpaired) electrons. The van der Waals surface area contributed by atoms with Crippen LogP contribution in [0.25, 0.3) is 0 Å². The number of rotatable bonds is 2. The number of benzene rings is 1. The molecule has 0 fully saturated rings. The van der Waals surface area contributed by atoms with Crippen LogP contribution in [-0.4, -0.2) is 25.5 Å². The highest BCUT2D eigenvalue weighted by Crippen LogP contribution is 2.32. The number of carbonyl (C=O) groups is 1. The van der Waals surface area contributed by atoms with E-state index in [2.05, 4.69) is 6.07 Å². The Labute approximate surface area is 107 Å². The molecule has 0 bridgehead atoms. The summed E-state index contributed by atoms with van der Waals surface area (Å²) in [6, 6.07) is 8.16. The first-order chi connectivity index (χ1) is 8.36. The van der Waals surface area contributed by atoms with Crippen molar-refractivity contribution in [3.8, 4) is 6.07 Å². The van der Waals surface area contributed by atoms with Crippen LogP contribution in [-0.2, 0) is 11.2 Å². The van der Waals surface area contributed by atoms with Crippen molar-refractivity contribution < 1.29 is 4.79 Å². The van der Waals surface area contributed by atoms with Crippen LogP contribution in [0.1, 0.15) is 19.4 Å². The summed E-state index contributed by atoms with van der Waals surface area (Å²) in [4.78, 5) is 15.2. The predicted molar refractivity (Wildman–Crippen MR) is 71.7 cm³/mol. The fraction of sp³-hybridized carbons (Fsp3) is 0.429. The van der Waals surface area contributed by atoms with E-state index in [9.17, 15) is 4.79 Å². The average molecular weight is 243 g/mol. The smallest absolute Gasteiger partial charge is 0.231 e. The van der Waals surface area contributed by atoms with Gasteiger partial charge in [0.25, 0.3) is 0 Å². The quantitative estimate of drug-likeness (QED) is 0.797. The van der Waals surface area contributed by atoms with Gasteiger partial charge in [-0.1, -0.05) is 0 Å². The third kappa shape index (κ3) is 1.82. The number of hydrogen-bond donors (Lipinski definition) is 0. The molecule has 1 amide bonds. The molecule has 94 valence electrons. The number of nitrogens with zero attached hydrogens (tertiary/aromatic N) is 3. The summed E-state index contributed by atoms with van der Waals surface area (Å²) < 4.78 is 0. The highest BCUT2D eigenvalue weighted by molar-refractivity contribution is 6.01. The second-order valence-corrected chi connectivity index (χ2v) is 5.17. The Bertz CT molecular complexity index is 542. The number of amides is 1. The Hall–Kier alpha value is -2.02. The largest absolute Gasteiger partial charge is 0.357 e. The minimum absolute atomic E-state index is 0.115. The van der Waals surface area contributed by atoms with Gasteiger partial charge in [0.1, 0.15) is 5.54 Å². The molecule has 0 saturated heterocycles. The van der Waals surface area contributed by atoms with E-state index in [1.54, 1.807) is 11.9 Å². The van der Waals surface area contributed by atoms with Gasteiger partial charge < -0.3 is 9.80 Å². The molecule has 0 spiro atoms. The van der Waals surface area contributed by atoms with Gasteiger partial charge in [-0.3, -0.25) is 4.79 Å². The van der Waals surface area contributed by atoms with Gasteiger partial charge in [0.05, 0.1) is 12.5 Å². The van der Waals surface area contributed by atoms with E-state index in [0.29, 0.717) is 6.42 Å². The normalized spacial score (nSPS) is 14.4. The van der Waals surface area contributed by atoms with Crippen LogP contribution in [0, 0.1) is 11.3 Å². The molecule has 0 atom stereocenters. The topological polar surface area (TPSA) is 47.3 Å². The molecule has 4 nitrogen and oxygen atoms in total. The third-order valence-corrected chi connectivity index (χ3v) is 3.64. The van der Waals surface area contributed by atoms with Crippen LogP contribution in [0.3, 0.4) is 0 Å². The van der Waals surface area contributed by atoms with Crippen LogP contribution in [0.2, 0.25) is 0 Å². The number of hydrogen-bond acceptors (Lipinski definition) is 3. The minimum Gasteiger partial charge on any atom is -0.357 e. The molecule has 0 saturated carbocycles. The first kappa shape index (κ1) is 12.4. The van der Waals surface area contributed by atoms with Gasteiger partial charge in [0, 0.05) is 25.5 Å². The van der Waals surface area contributed by atoms with E-state index >= 15 is 0 Å². The average Bonchev–Trinajstić information content (AvgIpc) is 2.63. The molecule has 1 aromatic rings. The van der Waals surface area contributed by atoms with Crippen molar-refractivity contribution in [2.75, 3.05) is 23.9 Å². The van der Waals surface area contributed by atoms with Gasteiger partial charge in [-0.2, -0.15) is 5.26 Å². The molecule has 2 rings (SSSR count). The summed E-state index contributed by atoms with van der Waals surface area (Å²) in [6.45, 7) is 3.75. The monoisotopic (exact) mass is 243 g/mol.